The lowest BCUT2D eigenvalue weighted by Crippen LogP contribution is -2.14. The molecule has 1 aliphatic carbocycles. The molecule has 0 fully saturated rings. The number of H-pyrrole nitrogens is 1. The molecule has 4 aromatic rings. The van der Waals surface area contributed by atoms with E-state index < -0.39 is 0 Å². The Hall–Kier alpha value is -3.11. The highest BCUT2D eigenvalue weighted by Gasteiger charge is 2.24. The number of ketones is 1. The van der Waals surface area contributed by atoms with Gasteiger partial charge in [0.05, 0.1) is 0 Å². The molecule has 166 valence electrons. The smallest absolute Gasteiger partial charge is 0.163 e. The van der Waals surface area contributed by atoms with Crippen molar-refractivity contribution in [3.8, 4) is 0 Å². The molecule has 0 radical (unpaired) electrons. The predicted octanol–water partition coefficient (Wildman–Crippen LogP) is 6.79. The maximum atomic E-state index is 12.7. The molecular formula is C29H28N2OS. The minimum absolute atomic E-state index is 0.241. The van der Waals surface area contributed by atoms with E-state index in [-0.39, 0.29) is 5.25 Å². The van der Waals surface area contributed by atoms with Gasteiger partial charge in [-0.15, -0.1) is 11.8 Å². The van der Waals surface area contributed by atoms with Crippen molar-refractivity contribution in [2.45, 2.75) is 48.7 Å². The third-order valence-corrected chi connectivity index (χ3v) is 7.76. The number of carbonyl (C=O) groups excluding carboxylic acids is 1. The third kappa shape index (κ3) is 5.12. The van der Waals surface area contributed by atoms with Crippen LogP contribution in [0.4, 0.5) is 0 Å². The zero-order valence-electron chi connectivity index (χ0n) is 18.7. The number of aryl methyl sites for hydroxylation is 1. The van der Waals surface area contributed by atoms with Gasteiger partial charge in [0.1, 0.15) is 5.82 Å². The Morgan fingerprint density at radius 3 is 2.45 bits per heavy atom. The summed E-state index contributed by atoms with van der Waals surface area (Å²) >= 11 is 1.90. The molecule has 0 bridgehead atoms. The van der Waals surface area contributed by atoms with Gasteiger partial charge in [0.2, 0.25) is 0 Å². The lowest BCUT2D eigenvalue weighted by Gasteiger charge is -2.24. The van der Waals surface area contributed by atoms with Crippen LogP contribution in [-0.2, 0) is 25.7 Å². The number of hydrogen-bond donors (Lipinski definition) is 1. The lowest BCUT2D eigenvalue weighted by atomic mass is 9.85. The van der Waals surface area contributed by atoms with Crippen LogP contribution in [0.15, 0.2) is 90.1 Å². The van der Waals surface area contributed by atoms with E-state index >= 15 is 0 Å². The maximum Gasteiger partial charge on any atom is 0.163 e. The van der Waals surface area contributed by atoms with Gasteiger partial charge in [0.25, 0.3) is 0 Å². The second kappa shape index (κ2) is 10.2. The quantitative estimate of drug-likeness (QED) is 0.299. The van der Waals surface area contributed by atoms with Crippen LogP contribution in [0.3, 0.4) is 0 Å². The molecule has 0 aliphatic heterocycles. The Labute approximate surface area is 199 Å². The van der Waals surface area contributed by atoms with Crippen LogP contribution in [0, 0.1) is 0 Å². The number of carbonyl (C=O) groups is 1. The first kappa shape index (κ1) is 21.7. The second-order valence-corrected chi connectivity index (χ2v) is 9.83. The van der Waals surface area contributed by atoms with Crippen molar-refractivity contribution in [1.82, 2.24) is 9.97 Å². The van der Waals surface area contributed by atoms with Gasteiger partial charge in [-0.25, -0.2) is 4.98 Å². The molecule has 1 N–H and O–H groups in total. The highest BCUT2D eigenvalue weighted by Crippen LogP contribution is 2.42. The second-order valence-electron chi connectivity index (χ2n) is 8.59. The van der Waals surface area contributed by atoms with Crippen LogP contribution < -0.4 is 0 Å². The lowest BCUT2D eigenvalue weighted by molar-refractivity contribution is 0.0972. The standard InChI is InChI=1S/C29H28N2OS/c32-26-13-7-12-23-24(26)16-17-27(25(23)15-14-21-8-3-1-4-9-21)33-28(20-29-30-18-19-31-29)22-10-5-2-6-11-22/h1-6,8-11,16-19,28H,7,12-15,20H2,(H,30,31)/t28-/m0/s1. The molecule has 5 rings (SSSR count). The van der Waals surface area contributed by atoms with Gasteiger partial charge in [-0.3, -0.25) is 4.79 Å². The van der Waals surface area contributed by atoms with Crippen molar-refractivity contribution in [3.05, 3.63) is 119 Å². The van der Waals surface area contributed by atoms with E-state index in [0.717, 1.165) is 43.5 Å². The maximum absolute atomic E-state index is 12.7. The van der Waals surface area contributed by atoms with Crippen molar-refractivity contribution >= 4 is 17.5 Å². The predicted molar refractivity (Wildman–Crippen MR) is 135 cm³/mol. The van der Waals surface area contributed by atoms with Crippen molar-refractivity contribution in [2.75, 3.05) is 0 Å². The van der Waals surface area contributed by atoms with Crippen molar-refractivity contribution in [3.63, 3.8) is 0 Å². The summed E-state index contributed by atoms with van der Waals surface area (Å²) in [5.74, 6) is 1.29. The summed E-state index contributed by atoms with van der Waals surface area (Å²) in [5.41, 5.74) is 6.20. The number of Topliss-reactive ketones (excluding diaryl/α,β-unsaturated/α-hetero) is 1. The number of fused-ring (bicyclic) bond motifs is 1. The highest BCUT2D eigenvalue weighted by molar-refractivity contribution is 7.99. The van der Waals surface area contributed by atoms with Crippen LogP contribution in [0.5, 0.6) is 0 Å². The monoisotopic (exact) mass is 452 g/mol. The SMILES string of the molecule is O=C1CCCc2c1ccc(S[C@@H](Cc1ncc[nH]1)c1ccccc1)c2CCc1ccccc1. The Balaban J connectivity index is 1.50. The molecule has 0 saturated carbocycles. The first-order valence-corrected chi connectivity index (χ1v) is 12.6. The number of nitrogens with zero attached hydrogens (tertiary/aromatic N) is 1. The largest absolute Gasteiger partial charge is 0.349 e. The molecule has 1 aliphatic rings. The number of aromatic nitrogens is 2. The average molecular weight is 453 g/mol. The van der Waals surface area contributed by atoms with Gasteiger partial charge in [-0.2, -0.15) is 0 Å². The Morgan fingerprint density at radius 2 is 1.70 bits per heavy atom. The summed E-state index contributed by atoms with van der Waals surface area (Å²) < 4.78 is 0. The van der Waals surface area contributed by atoms with E-state index in [9.17, 15) is 4.79 Å². The van der Waals surface area contributed by atoms with Gasteiger partial charge >= 0.3 is 0 Å². The number of aromatic amines is 1. The van der Waals surface area contributed by atoms with Crippen LogP contribution in [-0.4, -0.2) is 15.8 Å². The Bertz CT molecular complexity index is 1200. The summed E-state index contributed by atoms with van der Waals surface area (Å²) in [6.45, 7) is 0. The van der Waals surface area contributed by atoms with E-state index in [4.69, 9.17) is 0 Å². The molecule has 1 aromatic heterocycles. The van der Waals surface area contributed by atoms with Crippen molar-refractivity contribution < 1.29 is 4.79 Å². The number of rotatable bonds is 8. The van der Waals surface area contributed by atoms with E-state index in [1.807, 2.05) is 24.2 Å². The average Bonchev–Trinajstić information content (AvgIpc) is 3.37. The van der Waals surface area contributed by atoms with Gasteiger partial charge in [-0.1, -0.05) is 66.7 Å². The number of nitrogens with one attached hydrogen (secondary N) is 1. The van der Waals surface area contributed by atoms with Crippen LogP contribution in [0.25, 0.3) is 0 Å². The van der Waals surface area contributed by atoms with Crippen LogP contribution in [0.1, 0.15) is 56.5 Å². The highest BCUT2D eigenvalue weighted by atomic mass is 32.2. The number of benzene rings is 3. The topological polar surface area (TPSA) is 45.8 Å². The van der Waals surface area contributed by atoms with E-state index in [2.05, 4.69) is 82.8 Å². The zero-order valence-corrected chi connectivity index (χ0v) is 19.5. The van der Waals surface area contributed by atoms with Crippen molar-refractivity contribution in [2.24, 2.45) is 0 Å². The van der Waals surface area contributed by atoms with Crippen LogP contribution in [0.2, 0.25) is 0 Å². The van der Waals surface area contributed by atoms with E-state index in [1.54, 1.807) is 0 Å². The molecule has 0 unspecified atom stereocenters. The molecule has 3 aromatic carbocycles. The summed E-state index contributed by atoms with van der Waals surface area (Å²) in [4.78, 5) is 21.7. The Kier molecular flexibility index (Phi) is 6.73. The molecule has 3 nitrogen and oxygen atoms in total. The summed E-state index contributed by atoms with van der Waals surface area (Å²) in [6.07, 6.45) is 9.08. The number of imidazole rings is 1. The molecule has 0 spiro atoms. The minimum atomic E-state index is 0.241. The molecular weight excluding hydrogens is 424 g/mol. The normalized spacial score (nSPS) is 14.1. The fraction of sp³-hybridized carbons (Fsp3) is 0.241. The van der Waals surface area contributed by atoms with Gasteiger partial charge in [0.15, 0.2) is 5.78 Å². The number of hydrogen-bond acceptors (Lipinski definition) is 3. The zero-order chi connectivity index (χ0) is 22.5. The van der Waals surface area contributed by atoms with Crippen molar-refractivity contribution in [1.29, 1.82) is 0 Å². The first-order valence-electron chi connectivity index (χ1n) is 11.7. The van der Waals surface area contributed by atoms with Gasteiger partial charge in [-0.05, 0) is 54.0 Å². The number of thioether (sulfide) groups is 1. The Morgan fingerprint density at radius 1 is 0.909 bits per heavy atom. The fourth-order valence-corrected chi connectivity index (χ4v) is 6.07. The first-order chi connectivity index (χ1) is 16.3. The summed E-state index contributed by atoms with van der Waals surface area (Å²) in [5, 5.41) is 0.241. The van der Waals surface area contributed by atoms with Crippen LogP contribution >= 0.6 is 11.8 Å². The molecule has 1 heterocycles. The molecule has 1 atom stereocenters. The molecule has 0 saturated heterocycles. The van der Waals surface area contributed by atoms with E-state index in [1.165, 1.54) is 27.1 Å². The van der Waals surface area contributed by atoms with Gasteiger partial charge < -0.3 is 4.98 Å². The summed E-state index contributed by atoms with van der Waals surface area (Å²) in [6, 6.07) is 25.6. The summed E-state index contributed by atoms with van der Waals surface area (Å²) in [7, 11) is 0. The van der Waals surface area contributed by atoms with Gasteiger partial charge in [0, 0.05) is 40.9 Å². The third-order valence-electron chi connectivity index (χ3n) is 6.40. The molecule has 0 amide bonds. The molecule has 33 heavy (non-hydrogen) atoms. The molecule has 4 heteroatoms. The minimum Gasteiger partial charge on any atom is -0.349 e. The fourth-order valence-electron chi connectivity index (χ4n) is 4.71. The van der Waals surface area contributed by atoms with E-state index in [0.29, 0.717) is 12.2 Å².